The molecule has 2 N–H and O–H groups in total. The molecule has 0 saturated carbocycles. The lowest BCUT2D eigenvalue weighted by atomic mass is 9.87. The maximum Gasteiger partial charge on any atom is 0.0509 e. The first-order valence-electron chi connectivity index (χ1n) is 4.55. The van der Waals surface area contributed by atoms with Crippen molar-refractivity contribution in [2.75, 3.05) is 13.2 Å². The van der Waals surface area contributed by atoms with Gasteiger partial charge in [0.2, 0.25) is 0 Å². The lowest BCUT2D eigenvalue weighted by Crippen LogP contribution is -2.39. The molecular formula is C9H19NO. The van der Waals surface area contributed by atoms with E-state index in [4.69, 9.17) is 10.5 Å². The van der Waals surface area contributed by atoms with E-state index in [-0.39, 0.29) is 0 Å². The van der Waals surface area contributed by atoms with Crippen LogP contribution in [0.3, 0.4) is 0 Å². The third-order valence-electron chi connectivity index (χ3n) is 2.51. The molecule has 0 amide bonds. The van der Waals surface area contributed by atoms with Crippen LogP contribution in [0.1, 0.15) is 26.7 Å². The zero-order chi connectivity index (χ0) is 8.27. The minimum absolute atomic E-state index is 0.329. The highest BCUT2D eigenvalue weighted by Gasteiger charge is 2.22. The van der Waals surface area contributed by atoms with Crippen LogP contribution in [-0.4, -0.2) is 19.3 Å². The fourth-order valence-corrected chi connectivity index (χ4v) is 1.61. The first kappa shape index (κ1) is 9.01. The summed E-state index contributed by atoms with van der Waals surface area (Å²) in [6.07, 6.45) is 2.43. The molecule has 66 valence electrons. The van der Waals surface area contributed by atoms with Crippen molar-refractivity contribution in [2.45, 2.75) is 32.7 Å². The minimum atomic E-state index is 0.329. The van der Waals surface area contributed by atoms with Gasteiger partial charge in [0.15, 0.2) is 0 Å². The Morgan fingerprint density at radius 1 is 1.45 bits per heavy atom. The van der Waals surface area contributed by atoms with Gasteiger partial charge in [-0.2, -0.15) is 0 Å². The largest absolute Gasteiger partial charge is 0.381 e. The Morgan fingerprint density at radius 3 is 2.64 bits per heavy atom. The average molecular weight is 157 g/mol. The van der Waals surface area contributed by atoms with Gasteiger partial charge in [0, 0.05) is 12.6 Å². The third kappa shape index (κ3) is 2.46. The smallest absolute Gasteiger partial charge is 0.0509 e. The second kappa shape index (κ2) is 4.07. The number of ether oxygens (including phenoxy) is 1. The molecule has 2 heteroatoms. The normalized spacial score (nSPS) is 28.9. The summed E-state index contributed by atoms with van der Waals surface area (Å²) in [5, 5.41) is 0. The van der Waals surface area contributed by atoms with E-state index < -0.39 is 0 Å². The molecule has 0 aromatic heterocycles. The Bertz CT molecular complexity index is 108. The zero-order valence-corrected chi connectivity index (χ0v) is 7.55. The molecule has 0 unspecified atom stereocenters. The monoisotopic (exact) mass is 157 g/mol. The van der Waals surface area contributed by atoms with Crippen molar-refractivity contribution in [2.24, 2.45) is 17.6 Å². The lowest BCUT2D eigenvalue weighted by Gasteiger charge is -2.29. The molecule has 2 nitrogen and oxygen atoms in total. The van der Waals surface area contributed by atoms with Crippen molar-refractivity contribution in [3.05, 3.63) is 0 Å². The van der Waals surface area contributed by atoms with Crippen LogP contribution in [0.4, 0.5) is 0 Å². The average Bonchev–Trinajstić information content (AvgIpc) is 2.05. The third-order valence-corrected chi connectivity index (χ3v) is 2.51. The molecule has 2 atom stereocenters. The summed E-state index contributed by atoms with van der Waals surface area (Å²) in [6, 6.07) is 0.329. The summed E-state index contributed by atoms with van der Waals surface area (Å²) in [7, 11) is 0. The molecule has 11 heavy (non-hydrogen) atoms. The molecule has 0 aromatic carbocycles. The second-order valence-corrected chi connectivity index (χ2v) is 3.80. The van der Waals surface area contributed by atoms with E-state index in [1.807, 2.05) is 0 Å². The highest BCUT2D eigenvalue weighted by Crippen LogP contribution is 2.20. The molecule has 1 heterocycles. The number of nitrogens with two attached hydrogens (primary N) is 1. The molecule has 1 aliphatic heterocycles. The summed E-state index contributed by atoms with van der Waals surface area (Å²) >= 11 is 0. The van der Waals surface area contributed by atoms with Crippen LogP contribution in [-0.2, 0) is 4.74 Å². The number of rotatable bonds is 2. The highest BCUT2D eigenvalue weighted by atomic mass is 16.5. The standard InChI is InChI=1S/C9H19NO/c1-7(2)9(10)8-4-3-5-11-6-8/h7-9H,3-6,10H2,1-2H3/t8-,9+/m1/s1. The van der Waals surface area contributed by atoms with Crippen molar-refractivity contribution in [1.82, 2.24) is 0 Å². The van der Waals surface area contributed by atoms with Crippen molar-refractivity contribution in [3.8, 4) is 0 Å². The molecule has 0 aromatic rings. The molecule has 0 spiro atoms. The number of hydrogen-bond acceptors (Lipinski definition) is 2. The molecular weight excluding hydrogens is 138 g/mol. The van der Waals surface area contributed by atoms with Gasteiger partial charge in [0.1, 0.15) is 0 Å². The molecule has 1 fully saturated rings. The van der Waals surface area contributed by atoms with Gasteiger partial charge in [-0.25, -0.2) is 0 Å². The number of hydrogen-bond donors (Lipinski definition) is 1. The van der Waals surface area contributed by atoms with Gasteiger partial charge in [0.05, 0.1) is 6.61 Å². The molecule has 0 bridgehead atoms. The van der Waals surface area contributed by atoms with Gasteiger partial charge in [-0.3, -0.25) is 0 Å². The second-order valence-electron chi connectivity index (χ2n) is 3.80. The van der Waals surface area contributed by atoms with E-state index in [1.54, 1.807) is 0 Å². The maximum absolute atomic E-state index is 6.01. The van der Waals surface area contributed by atoms with Crippen molar-refractivity contribution in [1.29, 1.82) is 0 Å². The summed E-state index contributed by atoms with van der Waals surface area (Å²) in [4.78, 5) is 0. The minimum Gasteiger partial charge on any atom is -0.381 e. The fraction of sp³-hybridized carbons (Fsp3) is 1.00. The Labute approximate surface area is 69.1 Å². The summed E-state index contributed by atoms with van der Waals surface area (Å²) in [6.45, 7) is 6.17. The van der Waals surface area contributed by atoms with Crippen molar-refractivity contribution >= 4 is 0 Å². The SMILES string of the molecule is CC(C)[C@H](N)[C@@H]1CCCOC1. The Balaban J connectivity index is 2.32. The van der Waals surface area contributed by atoms with Gasteiger partial charge in [0.25, 0.3) is 0 Å². The highest BCUT2D eigenvalue weighted by molar-refractivity contribution is 4.77. The molecule has 1 aliphatic rings. The van der Waals surface area contributed by atoms with Gasteiger partial charge in [-0.05, 0) is 24.7 Å². The molecule has 1 rings (SSSR count). The van der Waals surface area contributed by atoms with Gasteiger partial charge < -0.3 is 10.5 Å². The van der Waals surface area contributed by atoms with Gasteiger partial charge in [-0.15, -0.1) is 0 Å². The Kier molecular flexibility index (Phi) is 3.34. The van der Waals surface area contributed by atoms with Gasteiger partial charge >= 0.3 is 0 Å². The van der Waals surface area contributed by atoms with Crippen LogP contribution in [0.5, 0.6) is 0 Å². The van der Waals surface area contributed by atoms with E-state index in [2.05, 4.69) is 13.8 Å². The molecule has 0 aliphatic carbocycles. The quantitative estimate of drug-likeness (QED) is 0.657. The van der Waals surface area contributed by atoms with E-state index >= 15 is 0 Å². The van der Waals surface area contributed by atoms with Crippen LogP contribution in [0.2, 0.25) is 0 Å². The van der Waals surface area contributed by atoms with Crippen LogP contribution < -0.4 is 5.73 Å². The van der Waals surface area contributed by atoms with E-state index in [0.29, 0.717) is 17.9 Å². The van der Waals surface area contributed by atoms with Crippen LogP contribution >= 0.6 is 0 Å². The summed E-state index contributed by atoms with van der Waals surface area (Å²) < 4.78 is 5.37. The topological polar surface area (TPSA) is 35.2 Å². The summed E-state index contributed by atoms with van der Waals surface area (Å²) in [5.74, 6) is 1.19. The van der Waals surface area contributed by atoms with Crippen molar-refractivity contribution < 1.29 is 4.74 Å². The first-order chi connectivity index (χ1) is 5.22. The lowest BCUT2D eigenvalue weighted by molar-refractivity contribution is 0.0386. The van der Waals surface area contributed by atoms with E-state index in [1.165, 1.54) is 12.8 Å². The maximum atomic E-state index is 6.01. The Hall–Kier alpha value is -0.0800. The van der Waals surface area contributed by atoms with Crippen LogP contribution in [0, 0.1) is 11.8 Å². The van der Waals surface area contributed by atoms with E-state index in [9.17, 15) is 0 Å². The molecule has 1 saturated heterocycles. The zero-order valence-electron chi connectivity index (χ0n) is 7.55. The first-order valence-corrected chi connectivity index (χ1v) is 4.55. The van der Waals surface area contributed by atoms with E-state index in [0.717, 1.165) is 13.2 Å². The van der Waals surface area contributed by atoms with Crippen LogP contribution in [0.15, 0.2) is 0 Å². The predicted molar refractivity (Wildman–Crippen MR) is 46.4 cm³/mol. The molecule has 0 radical (unpaired) electrons. The van der Waals surface area contributed by atoms with Crippen molar-refractivity contribution in [3.63, 3.8) is 0 Å². The van der Waals surface area contributed by atoms with Gasteiger partial charge in [-0.1, -0.05) is 13.8 Å². The summed E-state index contributed by atoms with van der Waals surface area (Å²) in [5.41, 5.74) is 6.01. The van der Waals surface area contributed by atoms with Crippen LogP contribution in [0.25, 0.3) is 0 Å². The predicted octanol–water partition coefficient (Wildman–Crippen LogP) is 1.40. The Morgan fingerprint density at radius 2 is 2.18 bits per heavy atom. The fourth-order valence-electron chi connectivity index (χ4n) is 1.61.